The van der Waals surface area contributed by atoms with E-state index in [-0.39, 0.29) is 23.7 Å². The maximum Gasteiger partial charge on any atom is 0.310 e. The molecule has 2 aliphatic rings. The Morgan fingerprint density at radius 3 is 2.39 bits per heavy atom. The minimum Gasteiger partial charge on any atom is -0.462 e. The summed E-state index contributed by atoms with van der Waals surface area (Å²) in [7, 11) is 2.99. The lowest BCUT2D eigenvalue weighted by Crippen LogP contribution is -2.36. The van der Waals surface area contributed by atoms with Gasteiger partial charge in [-0.2, -0.15) is 0 Å². The van der Waals surface area contributed by atoms with Gasteiger partial charge in [0, 0.05) is 0 Å². The maximum absolute atomic E-state index is 13.4. The highest BCUT2D eigenvalue weighted by Gasteiger charge is 2.35. The van der Waals surface area contributed by atoms with Crippen LogP contribution >= 0.6 is 9.24 Å². The van der Waals surface area contributed by atoms with Crippen LogP contribution in [-0.4, -0.2) is 23.9 Å². The van der Waals surface area contributed by atoms with Gasteiger partial charge in [-0.15, -0.1) is 9.24 Å². The summed E-state index contributed by atoms with van der Waals surface area (Å²) in [4.78, 5) is 13.1. The highest BCUT2D eigenvalue weighted by Crippen LogP contribution is 2.38. The van der Waals surface area contributed by atoms with Gasteiger partial charge in [0.2, 0.25) is 0 Å². The van der Waals surface area contributed by atoms with Gasteiger partial charge in [0.05, 0.1) is 5.92 Å². The summed E-state index contributed by atoms with van der Waals surface area (Å²) < 4.78 is 19.3. The van der Waals surface area contributed by atoms with Crippen LogP contribution in [0.25, 0.3) is 0 Å². The van der Waals surface area contributed by atoms with Crippen LogP contribution in [0.5, 0.6) is 0 Å². The number of ether oxygens (including phenoxy) is 1. The third-order valence-corrected chi connectivity index (χ3v) is 8.31. The van der Waals surface area contributed by atoms with Gasteiger partial charge in [-0.05, 0) is 67.9 Å². The summed E-state index contributed by atoms with van der Waals surface area (Å²) in [5.74, 6) is 2.51. The molecule has 0 radical (unpaired) electrons. The quantitative estimate of drug-likeness (QED) is 0.244. The van der Waals surface area contributed by atoms with Gasteiger partial charge in [-0.3, -0.25) is 4.79 Å². The van der Waals surface area contributed by atoms with Crippen LogP contribution in [0.1, 0.15) is 98.3 Å². The number of carbonyl (C=O) groups is 1. The summed E-state index contributed by atoms with van der Waals surface area (Å²) in [5.41, 5.74) is 0.260. The Kier molecular flexibility index (Phi) is 10.2. The van der Waals surface area contributed by atoms with Crippen LogP contribution < -0.4 is 0 Å². The predicted octanol–water partition coefficient (Wildman–Crippen LogP) is 6.96. The van der Waals surface area contributed by atoms with E-state index >= 15 is 0 Å². The molecule has 0 bridgehead atoms. The largest absolute Gasteiger partial charge is 0.462 e. The Bertz CT molecular complexity index is 464. The number of rotatable bonds is 8. The Hall–Kier alpha value is -0.170. The molecule has 2 saturated carbocycles. The molecule has 7 atom stereocenters. The van der Waals surface area contributed by atoms with E-state index in [0.717, 1.165) is 24.7 Å². The monoisotopic (exact) mass is 414 g/mol. The topological polar surface area (TPSA) is 26.3 Å². The van der Waals surface area contributed by atoms with Crippen molar-refractivity contribution in [2.24, 2.45) is 29.6 Å². The van der Waals surface area contributed by atoms with Crippen LogP contribution in [0.15, 0.2) is 0 Å². The van der Waals surface area contributed by atoms with Crippen molar-refractivity contribution in [3.8, 4) is 0 Å². The van der Waals surface area contributed by atoms with Crippen molar-refractivity contribution in [1.82, 2.24) is 0 Å². The SMILES string of the molecule is CCC(C)C(C(=O)OC1CCC(F)CC1)C(P)CC(C)C1CCCC(C)CC1. The Morgan fingerprint density at radius 1 is 1.07 bits per heavy atom. The molecule has 0 aromatic heterocycles. The lowest BCUT2D eigenvalue weighted by atomic mass is 9.79. The Balaban J connectivity index is 1.93. The third kappa shape index (κ3) is 7.26. The van der Waals surface area contributed by atoms with Gasteiger partial charge in [-0.25, -0.2) is 4.39 Å². The zero-order valence-corrected chi connectivity index (χ0v) is 19.8. The normalized spacial score (nSPS) is 33.4. The van der Waals surface area contributed by atoms with Crippen LogP contribution in [0.3, 0.4) is 0 Å². The molecule has 7 unspecified atom stereocenters. The van der Waals surface area contributed by atoms with Gasteiger partial charge in [-0.1, -0.05) is 59.8 Å². The molecular formula is C24H44FO2P. The molecular weight excluding hydrogens is 370 g/mol. The lowest BCUT2D eigenvalue weighted by molar-refractivity contribution is -0.158. The molecule has 2 aliphatic carbocycles. The van der Waals surface area contributed by atoms with Crippen LogP contribution in [0, 0.1) is 29.6 Å². The molecule has 0 N–H and O–H groups in total. The Labute approximate surface area is 175 Å². The minimum absolute atomic E-state index is 0.0432. The molecule has 164 valence electrons. The first kappa shape index (κ1) is 24.1. The van der Waals surface area contributed by atoms with Crippen LogP contribution in [0.4, 0.5) is 4.39 Å². The molecule has 0 spiro atoms. The molecule has 0 amide bonds. The Morgan fingerprint density at radius 2 is 1.75 bits per heavy atom. The average molecular weight is 415 g/mol. The molecule has 2 fully saturated rings. The second kappa shape index (κ2) is 11.9. The van der Waals surface area contributed by atoms with E-state index in [9.17, 15) is 9.18 Å². The molecule has 0 aromatic carbocycles. The van der Waals surface area contributed by atoms with E-state index in [1.807, 2.05) is 0 Å². The van der Waals surface area contributed by atoms with Crippen molar-refractivity contribution in [2.45, 2.75) is 116 Å². The van der Waals surface area contributed by atoms with Gasteiger partial charge in [0.15, 0.2) is 0 Å². The fourth-order valence-electron chi connectivity index (χ4n) is 5.32. The van der Waals surface area contributed by atoms with Gasteiger partial charge in [0.1, 0.15) is 12.3 Å². The van der Waals surface area contributed by atoms with E-state index in [1.165, 1.54) is 32.1 Å². The number of carbonyl (C=O) groups excluding carboxylic acids is 1. The summed E-state index contributed by atoms with van der Waals surface area (Å²) in [6, 6.07) is 0. The van der Waals surface area contributed by atoms with Crippen LogP contribution in [-0.2, 0) is 9.53 Å². The average Bonchev–Trinajstić information content (AvgIpc) is 2.88. The van der Waals surface area contributed by atoms with Crippen molar-refractivity contribution >= 4 is 15.2 Å². The number of hydrogen-bond acceptors (Lipinski definition) is 2. The van der Waals surface area contributed by atoms with E-state index < -0.39 is 6.17 Å². The summed E-state index contributed by atoms with van der Waals surface area (Å²) >= 11 is 0. The summed E-state index contributed by atoms with van der Waals surface area (Å²) in [5, 5.41) is 0. The molecule has 2 nitrogen and oxygen atoms in total. The smallest absolute Gasteiger partial charge is 0.310 e. The van der Waals surface area contributed by atoms with Crippen molar-refractivity contribution < 1.29 is 13.9 Å². The van der Waals surface area contributed by atoms with Crippen molar-refractivity contribution in [3.05, 3.63) is 0 Å². The van der Waals surface area contributed by atoms with Crippen molar-refractivity contribution in [2.75, 3.05) is 0 Å². The van der Waals surface area contributed by atoms with Gasteiger partial charge in [0.25, 0.3) is 0 Å². The van der Waals surface area contributed by atoms with E-state index in [0.29, 0.717) is 37.5 Å². The molecule has 0 saturated heterocycles. The van der Waals surface area contributed by atoms with Crippen molar-refractivity contribution in [1.29, 1.82) is 0 Å². The number of esters is 1. The molecule has 0 aliphatic heterocycles. The van der Waals surface area contributed by atoms with Crippen LogP contribution in [0.2, 0.25) is 0 Å². The highest BCUT2D eigenvalue weighted by molar-refractivity contribution is 7.17. The van der Waals surface area contributed by atoms with E-state index in [2.05, 4.69) is 36.9 Å². The zero-order valence-electron chi connectivity index (χ0n) is 18.7. The fourth-order valence-corrected chi connectivity index (χ4v) is 6.28. The van der Waals surface area contributed by atoms with Gasteiger partial charge < -0.3 is 4.74 Å². The standard InChI is InChI=1S/C24H44FO2P/c1-5-17(3)23(24(26)27-21-13-11-20(25)12-14-21)22(28)15-18(4)19-8-6-7-16(2)9-10-19/h16-23H,5-15,28H2,1-4H3. The third-order valence-electron chi connectivity index (χ3n) is 7.63. The first-order valence-electron chi connectivity index (χ1n) is 11.9. The number of alkyl halides is 1. The van der Waals surface area contributed by atoms with Crippen molar-refractivity contribution in [3.63, 3.8) is 0 Å². The zero-order chi connectivity index (χ0) is 20.7. The second-order valence-electron chi connectivity index (χ2n) is 9.97. The summed E-state index contributed by atoms with van der Waals surface area (Å²) in [6.45, 7) is 9.11. The minimum atomic E-state index is -0.710. The maximum atomic E-state index is 13.4. The fraction of sp³-hybridized carbons (Fsp3) is 0.958. The molecule has 28 heavy (non-hydrogen) atoms. The summed E-state index contributed by atoms with van der Waals surface area (Å²) in [6.07, 6.45) is 10.5. The first-order chi connectivity index (χ1) is 13.3. The molecule has 4 heteroatoms. The lowest BCUT2D eigenvalue weighted by Gasteiger charge is -2.33. The molecule has 2 rings (SSSR count). The first-order valence-corrected chi connectivity index (χ1v) is 12.6. The predicted molar refractivity (Wildman–Crippen MR) is 119 cm³/mol. The van der Waals surface area contributed by atoms with Gasteiger partial charge >= 0.3 is 5.97 Å². The molecule has 0 heterocycles. The highest BCUT2D eigenvalue weighted by atomic mass is 31.0. The number of hydrogen-bond donors (Lipinski definition) is 0. The van der Waals surface area contributed by atoms with E-state index in [4.69, 9.17) is 4.74 Å². The number of halogens is 1. The van der Waals surface area contributed by atoms with E-state index in [1.54, 1.807) is 0 Å². The molecule has 0 aromatic rings. The second-order valence-corrected chi connectivity index (χ2v) is 10.8.